The summed E-state index contributed by atoms with van der Waals surface area (Å²) in [5.74, 6) is 1.26. The molecule has 0 aliphatic carbocycles. The van der Waals surface area contributed by atoms with Crippen LogP contribution in [0.5, 0.6) is 0 Å². The second kappa shape index (κ2) is 3.83. The highest BCUT2D eigenvalue weighted by Crippen LogP contribution is 2.53. The van der Waals surface area contributed by atoms with Crippen molar-refractivity contribution in [3.8, 4) is 0 Å². The van der Waals surface area contributed by atoms with Crippen molar-refractivity contribution in [2.75, 3.05) is 11.4 Å². The van der Waals surface area contributed by atoms with E-state index in [1.54, 1.807) is 0 Å². The molecule has 19 heavy (non-hydrogen) atoms. The number of para-hydroxylation sites is 1. The first-order valence-electron chi connectivity index (χ1n) is 7.07. The second-order valence-corrected chi connectivity index (χ2v) is 5.82. The summed E-state index contributed by atoms with van der Waals surface area (Å²) in [5, 5.41) is 0. The second-order valence-electron chi connectivity index (χ2n) is 5.82. The van der Waals surface area contributed by atoms with Crippen molar-refractivity contribution in [3.63, 3.8) is 0 Å². The lowest BCUT2D eigenvalue weighted by molar-refractivity contribution is -0.680. The molecule has 2 bridgehead atoms. The van der Waals surface area contributed by atoms with E-state index in [-0.39, 0.29) is 0 Å². The Morgan fingerprint density at radius 1 is 1.11 bits per heavy atom. The van der Waals surface area contributed by atoms with E-state index in [4.69, 9.17) is 0 Å². The van der Waals surface area contributed by atoms with Gasteiger partial charge in [-0.15, -0.1) is 0 Å². The molecule has 0 amide bonds. The van der Waals surface area contributed by atoms with E-state index < -0.39 is 0 Å². The number of hydrogen-bond acceptors (Lipinski definition) is 1. The number of aryl methyl sites for hydroxylation is 1. The molecule has 2 aliphatic rings. The summed E-state index contributed by atoms with van der Waals surface area (Å²) in [7, 11) is 2.16. The zero-order valence-corrected chi connectivity index (χ0v) is 11.5. The minimum atomic E-state index is 0.591. The molecule has 0 N–H and O–H groups in total. The molecule has 2 nitrogen and oxygen atoms in total. The van der Waals surface area contributed by atoms with Crippen LogP contribution in [0.1, 0.15) is 30.0 Å². The van der Waals surface area contributed by atoms with Crippen LogP contribution in [0.15, 0.2) is 48.7 Å². The van der Waals surface area contributed by atoms with E-state index in [0.29, 0.717) is 17.9 Å². The number of fused-ring (bicyclic) bond motifs is 5. The van der Waals surface area contributed by atoms with Gasteiger partial charge in [-0.25, -0.2) is 4.57 Å². The highest BCUT2D eigenvalue weighted by molar-refractivity contribution is 5.65. The first kappa shape index (κ1) is 11.0. The Balaban J connectivity index is 1.84. The summed E-state index contributed by atoms with van der Waals surface area (Å²) in [6, 6.07) is 16.1. The lowest BCUT2D eigenvalue weighted by Crippen LogP contribution is -2.40. The van der Waals surface area contributed by atoms with Gasteiger partial charge >= 0.3 is 0 Å². The topological polar surface area (TPSA) is 7.12 Å². The zero-order valence-electron chi connectivity index (χ0n) is 11.5. The van der Waals surface area contributed by atoms with Gasteiger partial charge in [-0.2, -0.15) is 0 Å². The molecular weight excluding hydrogens is 232 g/mol. The number of hydrogen-bond donors (Lipinski definition) is 0. The Kier molecular flexibility index (Phi) is 2.22. The molecular formula is C17H19N2+. The third-order valence-corrected chi connectivity index (χ3v) is 4.92. The van der Waals surface area contributed by atoms with Gasteiger partial charge < -0.3 is 4.90 Å². The van der Waals surface area contributed by atoms with Crippen LogP contribution < -0.4 is 9.47 Å². The SMILES string of the molecule is CC1C(c2cccc[n+]2C)C2CN1c1ccccc12. The summed E-state index contributed by atoms with van der Waals surface area (Å²) < 4.78 is 2.28. The molecule has 4 rings (SSSR count). The number of benzene rings is 1. The third kappa shape index (κ3) is 1.40. The van der Waals surface area contributed by atoms with Crippen molar-refractivity contribution in [1.82, 2.24) is 0 Å². The van der Waals surface area contributed by atoms with Gasteiger partial charge in [-0.3, -0.25) is 0 Å². The minimum Gasteiger partial charge on any atom is -0.367 e. The van der Waals surface area contributed by atoms with Crippen LogP contribution in [-0.2, 0) is 7.05 Å². The minimum absolute atomic E-state index is 0.591. The first-order valence-corrected chi connectivity index (χ1v) is 7.07. The van der Waals surface area contributed by atoms with Gasteiger partial charge in [0.25, 0.3) is 0 Å². The van der Waals surface area contributed by atoms with E-state index in [2.05, 4.69) is 72.1 Å². The monoisotopic (exact) mass is 251 g/mol. The number of pyridine rings is 1. The molecule has 1 saturated heterocycles. The summed E-state index contributed by atoms with van der Waals surface area (Å²) in [4.78, 5) is 2.58. The van der Waals surface area contributed by atoms with Gasteiger partial charge in [-0.05, 0) is 18.6 Å². The Bertz CT molecular complexity index is 635. The lowest BCUT2D eigenvalue weighted by atomic mass is 9.81. The largest absolute Gasteiger partial charge is 0.367 e. The Hall–Kier alpha value is -1.83. The van der Waals surface area contributed by atoms with E-state index in [1.165, 1.54) is 23.5 Å². The van der Waals surface area contributed by atoms with Crippen LogP contribution in [0.4, 0.5) is 5.69 Å². The van der Waals surface area contributed by atoms with Crippen LogP contribution in [0, 0.1) is 0 Å². The molecule has 2 aromatic rings. The van der Waals surface area contributed by atoms with Gasteiger partial charge in [0.15, 0.2) is 11.9 Å². The Morgan fingerprint density at radius 3 is 2.74 bits per heavy atom. The normalized spacial score (nSPS) is 27.7. The summed E-state index contributed by atoms with van der Waals surface area (Å²) in [6.45, 7) is 3.55. The van der Waals surface area contributed by atoms with Gasteiger partial charge in [-0.1, -0.05) is 24.3 Å². The number of anilines is 1. The molecule has 3 atom stereocenters. The molecule has 0 saturated carbocycles. The maximum Gasteiger partial charge on any atom is 0.186 e. The maximum atomic E-state index is 2.58. The molecule has 0 spiro atoms. The van der Waals surface area contributed by atoms with Crippen LogP contribution in [0.3, 0.4) is 0 Å². The van der Waals surface area contributed by atoms with Gasteiger partial charge in [0.2, 0.25) is 0 Å². The van der Waals surface area contributed by atoms with Crippen molar-refractivity contribution < 1.29 is 4.57 Å². The fourth-order valence-corrected chi connectivity index (χ4v) is 4.03. The van der Waals surface area contributed by atoms with Crippen LogP contribution in [0.25, 0.3) is 0 Å². The van der Waals surface area contributed by atoms with E-state index in [9.17, 15) is 0 Å². The summed E-state index contributed by atoms with van der Waals surface area (Å²) >= 11 is 0. The van der Waals surface area contributed by atoms with Crippen molar-refractivity contribution in [2.45, 2.75) is 24.8 Å². The quantitative estimate of drug-likeness (QED) is 0.707. The molecule has 2 heteroatoms. The highest BCUT2D eigenvalue weighted by atomic mass is 15.2. The molecule has 3 unspecified atom stereocenters. The van der Waals surface area contributed by atoms with Crippen LogP contribution in [0.2, 0.25) is 0 Å². The zero-order chi connectivity index (χ0) is 13.0. The highest BCUT2D eigenvalue weighted by Gasteiger charge is 2.50. The average Bonchev–Trinajstić information content (AvgIpc) is 2.96. The van der Waals surface area contributed by atoms with Crippen molar-refractivity contribution in [2.24, 2.45) is 7.05 Å². The van der Waals surface area contributed by atoms with E-state index in [0.717, 1.165) is 0 Å². The third-order valence-electron chi connectivity index (χ3n) is 4.92. The molecule has 2 aliphatic heterocycles. The smallest absolute Gasteiger partial charge is 0.186 e. The van der Waals surface area contributed by atoms with Crippen molar-refractivity contribution >= 4 is 5.69 Å². The molecule has 0 radical (unpaired) electrons. The number of aromatic nitrogens is 1. The van der Waals surface area contributed by atoms with Gasteiger partial charge in [0.05, 0.1) is 5.92 Å². The number of nitrogens with zero attached hydrogens (tertiary/aromatic N) is 2. The van der Waals surface area contributed by atoms with Crippen molar-refractivity contribution in [1.29, 1.82) is 0 Å². The molecule has 96 valence electrons. The molecule has 3 heterocycles. The van der Waals surface area contributed by atoms with Crippen molar-refractivity contribution in [3.05, 3.63) is 59.9 Å². The Morgan fingerprint density at radius 2 is 1.89 bits per heavy atom. The first-order chi connectivity index (χ1) is 9.27. The van der Waals surface area contributed by atoms with Crippen LogP contribution >= 0.6 is 0 Å². The summed E-state index contributed by atoms with van der Waals surface area (Å²) in [6.07, 6.45) is 2.16. The number of rotatable bonds is 1. The van der Waals surface area contributed by atoms with Crippen LogP contribution in [-0.4, -0.2) is 12.6 Å². The fraction of sp³-hybridized carbons (Fsp3) is 0.353. The maximum absolute atomic E-state index is 2.58. The van der Waals surface area contributed by atoms with E-state index in [1.807, 2.05) is 0 Å². The lowest BCUT2D eigenvalue weighted by Gasteiger charge is -2.30. The standard InChI is InChI=1S/C17H19N2/c1-12-17(16-9-5-6-10-18(16)2)14-11-19(12)15-8-4-3-7-13(14)15/h3-10,12,14,17H,11H2,1-2H3/q+1. The Labute approximate surface area is 114 Å². The molecule has 1 aromatic carbocycles. The molecule has 1 fully saturated rings. The average molecular weight is 251 g/mol. The van der Waals surface area contributed by atoms with Gasteiger partial charge in [0, 0.05) is 36.3 Å². The van der Waals surface area contributed by atoms with E-state index >= 15 is 0 Å². The fourth-order valence-electron chi connectivity index (χ4n) is 4.03. The van der Waals surface area contributed by atoms with Gasteiger partial charge in [0.1, 0.15) is 7.05 Å². The molecule has 1 aromatic heterocycles. The summed E-state index contributed by atoms with van der Waals surface area (Å²) in [5.41, 5.74) is 4.45. The predicted octanol–water partition coefficient (Wildman–Crippen LogP) is 2.60. The predicted molar refractivity (Wildman–Crippen MR) is 76.4 cm³/mol.